The first-order valence-electron chi connectivity index (χ1n) is 6.50. The molecule has 0 heterocycles. The van der Waals surface area contributed by atoms with Crippen LogP contribution in [0.15, 0.2) is 24.3 Å². The van der Waals surface area contributed by atoms with E-state index in [4.69, 9.17) is 11.6 Å². The number of rotatable bonds is 6. The zero-order chi connectivity index (χ0) is 15.0. The van der Waals surface area contributed by atoms with Crippen molar-refractivity contribution in [3.8, 4) is 0 Å². The van der Waals surface area contributed by atoms with E-state index in [0.29, 0.717) is 24.0 Å². The van der Waals surface area contributed by atoms with Gasteiger partial charge >= 0.3 is 6.03 Å². The predicted molar refractivity (Wildman–Crippen MR) is 79.5 cm³/mol. The van der Waals surface area contributed by atoms with Crippen LogP contribution in [0.25, 0.3) is 0 Å². The summed E-state index contributed by atoms with van der Waals surface area (Å²) in [5.41, 5.74) is 0.951. The molecule has 0 spiro atoms. The van der Waals surface area contributed by atoms with Gasteiger partial charge in [-0.3, -0.25) is 4.79 Å². The Labute approximate surface area is 124 Å². The second-order valence-electron chi connectivity index (χ2n) is 4.86. The fraction of sp³-hybridized carbons (Fsp3) is 0.429. The van der Waals surface area contributed by atoms with Crippen LogP contribution in [0.1, 0.15) is 19.4 Å². The Morgan fingerprint density at radius 2 is 1.75 bits per heavy atom. The molecule has 1 rings (SSSR count). The summed E-state index contributed by atoms with van der Waals surface area (Å²) < 4.78 is 0. The van der Waals surface area contributed by atoms with Gasteiger partial charge in [-0.2, -0.15) is 0 Å². The fourth-order valence-corrected chi connectivity index (χ4v) is 1.51. The van der Waals surface area contributed by atoms with Crippen molar-refractivity contribution in [2.75, 3.05) is 13.1 Å². The molecule has 0 saturated heterocycles. The Bertz CT molecular complexity index is 446. The molecule has 1 aromatic rings. The monoisotopic (exact) mass is 297 g/mol. The van der Waals surface area contributed by atoms with Crippen LogP contribution in [-0.4, -0.2) is 25.0 Å². The van der Waals surface area contributed by atoms with E-state index in [2.05, 4.69) is 16.0 Å². The zero-order valence-electron chi connectivity index (χ0n) is 11.7. The molecule has 0 aliphatic heterocycles. The minimum atomic E-state index is -0.333. The van der Waals surface area contributed by atoms with Gasteiger partial charge in [0.2, 0.25) is 5.91 Å². The molecule has 20 heavy (non-hydrogen) atoms. The molecule has 110 valence electrons. The number of amides is 3. The number of nitrogens with one attached hydrogen (secondary N) is 3. The summed E-state index contributed by atoms with van der Waals surface area (Å²) in [4.78, 5) is 22.9. The van der Waals surface area contributed by atoms with E-state index >= 15 is 0 Å². The van der Waals surface area contributed by atoms with Crippen molar-refractivity contribution >= 4 is 23.5 Å². The Balaban J connectivity index is 2.20. The van der Waals surface area contributed by atoms with Crippen molar-refractivity contribution < 1.29 is 9.59 Å². The average molecular weight is 298 g/mol. The van der Waals surface area contributed by atoms with E-state index < -0.39 is 0 Å². The molecular formula is C14H20ClN3O2. The van der Waals surface area contributed by atoms with Gasteiger partial charge in [0.1, 0.15) is 0 Å². The number of carbonyl (C=O) groups is 2. The standard InChI is InChI=1S/C14H20ClN3O2/c1-10(2)7-17-14(20)18-9-13(19)16-8-11-3-5-12(15)6-4-11/h3-6,10H,7-9H2,1-2H3,(H,16,19)(H2,17,18,20). The highest BCUT2D eigenvalue weighted by Gasteiger charge is 2.05. The van der Waals surface area contributed by atoms with Crippen LogP contribution in [0, 0.1) is 5.92 Å². The number of benzene rings is 1. The van der Waals surface area contributed by atoms with Crippen molar-refractivity contribution in [1.29, 1.82) is 0 Å². The molecule has 0 bridgehead atoms. The lowest BCUT2D eigenvalue weighted by Gasteiger charge is -2.09. The van der Waals surface area contributed by atoms with E-state index in [9.17, 15) is 9.59 Å². The smallest absolute Gasteiger partial charge is 0.315 e. The molecule has 0 saturated carbocycles. The van der Waals surface area contributed by atoms with Gasteiger partial charge in [-0.05, 0) is 23.6 Å². The van der Waals surface area contributed by atoms with Crippen LogP contribution in [-0.2, 0) is 11.3 Å². The largest absolute Gasteiger partial charge is 0.350 e. The van der Waals surface area contributed by atoms with Gasteiger partial charge in [0.15, 0.2) is 0 Å². The van der Waals surface area contributed by atoms with Gasteiger partial charge in [0, 0.05) is 18.1 Å². The highest BCUT2D eigenvalue weighted by molar-refractivity contribution is 6.30. The number of halogens is 1. The van der Waals surface area contributed by atoms with Gasteiger partial charge in [0.05, 0.1) is 6.54 Å². The molecule has 6 heteroatoms. The summed E-state index contributed by atoms with van der Waals surface area (Å²) in [7, 11) is 0. The third kappa shape index (κ3) is 6.99. The Morgan fingerprint density at radius 3 is 2.35 bits per heavy atom. The minimum Gasteiger partial charge on any atom is -0.350 e. The normalized spacial score (nSPS) is 10.2. The maximum atomic E-state index is 11.5. The number of hydrogen-bond acceptors (Lipinski definition) is 2. The van der Waals surface area contributed by atoms with Crippen LogP contribution in [0.4, 0.5) is 4.79 Å². The minimum absolute atomic E-state index is 0.0441. The first-order valence-corrected chi connectivity index (χ1v) is 6.88. The van der Waals surface area contributed by atoms with Gasteiger partial charge in [-0.25, -0.2) is 4.79 Å². The molecule has 3 N–H and O–H groups in total. The van der Waals surface area contributed by atoms with Crippen molar-refractivity contribution in [2.45, 2.75) is 20.4 Å². The van der Waals surface area contributed by atoms with E-state index in [1.165, 1.54) is 0 Å². The molecule has 3 amide bonds. The maximum absolute atomic E-state index is 11.5. The molecule has 5 nitrogen and oxygen atoms in total. The summed E-state index contributed by atoms with van der Waals surface area (Å²) in [6.07, 6.45) is 0. The number of urea groups is 1. The van der Waals surface area contributed by atoms with Crippen LogP contribution < -0.4 is 16.0 Å². The SMILES string of the molecule is CC(C)CNC(=O)NCC(=O)NCc1ccc(Cl)cc1. The highest BCUT2D eigenvalue weighted by atomic mass is 35.5. The summed E-state index contributed by atoms with van der Waals surface area (Å²) in [6.45, 7) is 4.94. The number of hydrogen-bond donors (Lipinski definition) is 3. The predicted octanol–water partition coefficient (Wildman–Crippen LogP) is 1.91. The molecule has 0 fully saturated rings. The van der Waals surface area contributed by atoms with Crippen LogP contribution in [0.5, 0.6) is 0 Å². The van der Waals surface area contributed by atoms with Gasteiger partial charge in [-0.1, -0.05) is 37.6 Å². The van der Waals surface area contributed by atoms with E-state index in [1.54, 1.807) is 12.1 Å². The number of carbonyl (C=O) groups excluding carboxylic acids is 2. The van der Waals surface area contributed by atoms with Gasteiger partial charge < -0.3 is 16.0 Å². The van der Waals surface area contributed by atoms with E-state index in [-0.39, 0.29) is 18.5 Å². The summed E-state index contributed by atoms with van der Waals surface area (Å²) in [5, 5.41) is 8.54. The molecule has 0 aliphatic rings. The van der Waals surface area contributed by atoms with Gasteiger partial charge in [-0.15, -0.1) is 0 Å². The second kappa shape index (κ2) is 8.43. The molecular weight excluding hydrogens is 278 g/mol. The van der Waals surface area contributed by atoms with Crippen LogP contribution in [0.3, 0.4) is 0 Å². The fourth-order valence-electron chi connectivity index (χ4n) is 1.39. The topological polar surface area (TPSA) is 70.2 Å². The van der Waals surface area contributed by atoms with Gasteiger partial charge in [0.25, 0.3) is 0 Å². The van der Waals surface area contributed by atoms with E-state index in [1.807, 2.05) is 26.0 Å². The Morgan fingerprint density at radius 1 is 1.10 bits per heavy atom. The lowest BCUT2D eigenvalue weighted by molar-refractivity contribution is -0.120. The first-order chi connectivity index (χ1) is 9.47. The first kappa shape index (κ1) is 16.3. The molecule has 0 radical (unpaired) electrons. The molecule has 0 atom stereocenters. The summed E-state index contributed by atoms with van der Waals surface area (Å²) >= 11 is 5.77. The van der Waals surface area contributed by atoms with Crippen molar-refractivity contribution in [1.82, 2.24) is 16.0 Å². The Kier molecular flexibility index (Phi) is 6.87. The molecule has 0 unspecified atom stereocenters. The average Bonchev–Trinajstić information content (AvgIpc) is 2.42. The second-order valence-corrected chi connectivity index (χ2v) is 5.30. The molecule has 0 aliphatic carbocycles. The maximum Gasteiger partial charge on any atom is 0.315 e. The van der Waals surface area contributed by atoms with E-state index in [0.717, 1.165) is 5.56 Å². The third-order valence-corrected chi connectivity index (χ3v) is 2.74. The molecule has 0 aromatic heterocycles. The summed E-state index contributed by atoms with van der Waals surface area (Å²) in [6, 6.07) is 6.87. The zero-order valence-corrected chi connectivity index (χ0v) is 12.5. The Hall–Kier alpha value is -1.75. The van der Waals surface area contributed by atoms with Crippen LogP contribution >= 0.6 is 11.6 Å². The quantitative estimate of drug-likeness (QED) is 0.751. The highest BCUT2D eigenvalue weighted by Crippen LogP contribution is 2.08. The van der Waals surface area contributed by atoms with Crippen molar-refractivity contribution in [3.63, 3.8) is 0 Å². The van der Waals surface area contributed by atoms with Crippen molar-refractivity contribution in [2.24, 2.45) is 5.92 Å². The third-order valence-electron chi connectivity index (χ3n) is 2.48. The van der Waals surface area contributed by atoms with Crippen LogP contribution in [0.2, 0.25) is 5.02 Å². The lowest BCUT2D eigenvalue weighted by atomic mass is 10.2. The van der Waals surface area contributed by atoms with Crippen molar-refractivity contribution in [3.05, 3.63) is 34.9 Å². The lowest BCUT2D eigenvalue weighted by Crippen LogP contribution is -2.42. The summed E-state index contributed by atoms with van der Waals surface area (Å²) in [5.74, 6) is 0.138. The molecule has 1 aromatic carbocycles.